The fourth-order valence-electron chi connectivity index (χ4n) is 4.56. The molecule has 34 heavy (non-hydrogen) atoms. The Balaban J connectivity index is 1.61. The Morgan fingerprint density at radius 3 is 1.74 bits per heavy atom. The number of hydroxylamine groups is 2. The molecule has 0 radical (unpaired) electrons. The zero-order valence-electron chi connectivity index (χ0n) is 21.2. The van der Waals surface area contributed by atoms with Crippen LogP contribution in [-0.4, -0.2) is 43.7 Å². The van der Waals surface area contributed by atoms with Crippen LogP contribution >= 0.6 is 0 Å². The van der Waals surface area contributed by atoms with Crippen LogP contribution in [0, 0.1) is 10.1 Å². The van der Waals surface area contributed by atoms with Gasteiger partial charge in [-0.25, -0.2) is 0 Å². The van der Waals surface area contributed by atoms with Gasteiger partial charge in [0.05, 0.1) is 11.1 Å². The van der Waals surface area contributed by atoms with Crippen LogP contribution in [-0.2, 0) is 0 Å². The van der Waals surface area contributed by atoms with E-state index in [-0.39, 0.29) is 0 Å². The van der Waals surface area contributed by atoms with Gasteiger partial charge < -0.3 is 10.3 Å². The number of benzene rings is 3. The minimum Gasteiger partial charge on any atom is -0.757 e. The van der Waals surface area contributed by atoms with Gasteiger partial charge in [0.1, 0.15) is 5.84 Å². The Morgan fingerprint density at radius 2 is 1.24 bits per heavy atom. The summed E-state index contributed by atoms with van der Waals surface area (Å²) in [5, 5.41) is 18.3. The number of hydrogen-bond donors (Lipinski definition) is 0. The van der Waals surface area contributed by atoms with Crippen molar-refractivity contribution in [2.24, 2.45) is 9.98 Å². The van der Waals surface area contributed by atoms with Crippen molar-refractivity contribution in [1.29, 1.82) is 0 Å². The third kappa shape index (κ3) is 2.97. The third-order valence-electron chi connectivity index (χ3n) is 8.48. The van der Waals surface area contributed by atoms with Crippen LogP contribution in [0.5, 0.6) is 0 Å². The summed E-state index contributed by atoms with van der Waals surface area (Å²) in [6, 6.07) is 16.3. The maximum atomic E-state index is 13.1. The van der Waals surface area contributed by atoms with Crippen LogP contribution in [0.1, 0.15) is 66.5 Å². The molecule has 0 bridgehead atoms. The van der Waals surface area contributed by atoms with Crippen LogP contribution in [0.3, 0.4) is 0 Å². The lowest BCUT2D eigenvalue weighted by molar-refractivity contribution is -0.514. The van der Waals surface area contributed by atoms with Gasteiger partial charge in [-0.1, -0.05) is 28.1 Å². The Kier molecular flexibility index (Phi) is 4.48. The van der Waals surface area contributed by atoms with E-state index >= 15 is 0 Å². The number of amidine groups is 2. The molecule has 0 aromatic heterocycles. The van der Waals surface area contributed by atoms with Gasteiger partial charge in [0.15, 0.2) is 11.1 Å². The van der Waals surface area contributed by atoms with Gasteiger partial charge >= 0.3 is 5.84 Å². The minimum absolute atomic E-state index is 0.470. The summed E-state index contributed by atoms with van der Waals surface area (Å²) in [7, 11) is 0. The molecular weight excluding hydrogens is 424 g/mol. The molecule has 5 rings (SSSR count). The highest BCUT2D eigenvalue weighted by Crippen LogP contribution is 2.39. The monoisotopic (exact) mass is 456 g/mol. The highest BCUT2D eigenvalue weighted by atomic mass is 16.5. The second-order valence-corrected chi connectivity index (χ2v) is 11.7. The quantitative estimate of drug-likeness (QED) is 0.340. The molecule has 2 heterocycles. The van der Waals surface area contributed by atoms with Gasteiger partial charge in [-0.05, 0) is 112 Å². The summed E-state index contributed by atoms with van der Waals surface area (Å²) in [5.41, 5.74) is -0.583. The standard InChI is InChI=1S/C28H32N4O2/c1-25(2)27(5,6)31(33)23(29-25)19-11-9-17-13-18-10-12-20(15-22(18)16-21(17)14-19)24-30-26(3,4)28(7,8)32(24)34/h9-16H,1-8H3. The highest BCUT2D eigenvalue weighted by molar-refractivity contribution is 6.07. The molecule has 3 aromatic carbocycles. The molecule has 0 unspecified atom stereocenters. The highest BCUT2D eigenvalue weighted by Gasteiger charge is 2.59. The van der Waals surface area contributed by atoms with Crippen LogP contribution in [0.2, 0.25) is 0 Å². The first-order valence-electron chi connectivity index (χ1n) is 11.8. The molecular formula is C28H32N4O2. The average Bonchev–Trinajstić information content (AvgIpc) is 3.03. The zero-order chi connectivity index (χ0) is 24.8. The summed E-state index contributed by atoms with van der Waals surface area (Å²) < 4.78 is 1.04. The molecule has 3 aromatic rings. The fraction of sp³-hybridized carbons (Fsp3) is 0.429. The number of hydrogen-bond acceptors (Lipinski definition) is 5. The summed E-state index contributed by atoms with van der Waals surface area (Å²) in [5.74, 6) is 0.940. The van der Waals surface area contributed by atoms with Gasteiger partial charge in [-0.2, -0.15) is 0 Å². The number of nitrogens with zero attached hydrogens (tertiary/aromatic N) is 4. The number of rotatable bonds is 2. The molecule has 0 saturated heterocycles. The van der Waals surface area contributed by atoms with E-state index in [1.54, 1.807) is 0 Å². The Hall–Kier alpha value is -3.12. The SMILES string of the molecule is CC1(C)N=C(c2ccc3cc4ccc(C5=NC(C)(C)C(C)(C)[N+]5=O)cc4cc3c2)N([O-])C1(C)C. The van der Waals surface area contributed by atoms with E-state index in [9.17, 15) is 10.1 Å². The summed E-state index contributed by atoms with van der Waals surface area (Å²) in [6.45, 7) is 15.7. The second-order valence-electron chi connectivity index (χ2n) is 11.7. The molecule has 0 amide bonds. The number of aliphatic imine (C=N–C) groups is 2. The predicted octanol–water partition coefficient (Wildman–Crippen LogP) is 6.21. The first-order chi connectivity index (χ1) is 15.7. The molecule has 2 aliphatic rings. The van der Waals surface area contributed by atoms with E-state index in [0.29, 0.717) is 11.7 Å². The second kappa shape index (κ2) is 6.72. The van der Waals surface area contributed by atoms with E-state index in [2.05, 4.69) is 12.1 Å². The molecule has 2 aliphatic heterocycles. The van der Waals surface area contributed by atoms with Crippen molar-refractivity contribution in [3.8, 4) is 0 Å². The van der Waals surface area contributed by atoms with Crippen molar-refractivity contribution < 1.29 is 4.76 Å². The summed E-state index contributed by atoms with van der Waals surface area (Å²) in [4.78, 5) is 22.6. The topological polar surface area (TPSA) is 71.1 Å². The van der Waals surface area contributed by atoms with E-state index in [1.165, 1.54) is 0 Å². The van der Waals surface area contributed by atoms with Crippen molar-refractivity contribution >= 4 is 33.2 Å². The lowest BCUT2D eigenvalue weighted by atomic mass is 9.84. The van der Waals surface area contributed by atoms with Gasteiger partial charge in [-0.15, -0.1) is 0 Å². The molecule has 0 atom stereocenters. The van der Waals surface area contributed by atoms with Crippen molar-refractivity contribution in [3.63, 3.8) is 0 Å². The van der Waals surface area contributed by atoms with Crippen molar-refractivity contribution in [2.45, 2.75) is 77.5 Å². The third-order valence-corrected chi connectivity index (χ3v) is 8.48. The van der Waals surface area contributed by atoms with Crippen LogP contribution < -0.4 is 0 Å². The lowest BCUT2D eigenvalue weighted by Crippen LogP contribution is -2.50. The number of fused-ring (bicyclic) bond motifs is 2. The van der Waals surface area contributed by atoms with Gasteiger partial charge in [-0.3, -0.25) is 4.99 Å². The minimum atomic E-state index is -0.622. The maximum absolute atomic E-state index is 13.1. The van der Waals surface area contributed by atoms with E-state index in [1.807, 2.05) is 91.8 Å². The Bertz CT molecular complexity index is 1440. The zero-order valence-corrected chi connectivity index (χ0v) is 21.2. The van der Waals surface area contributed by atoms with E-state index in [4.69, 9.17) is 9.98 Å². The molecule has 0 spiro atoms. The molecule has 176 valence electrons. The first-order valence-corrected chi connectivity index (χ1v) is 11.8. The van der Waals surface area contributed by atoms with E-state index < -0.39 is 22.2 Å². The smallest absolute Gasteiger partial charge is 0.364 e. The van der Waals surface area contributed by atoms with Crippen LogP contribution in [0.4, 0.5) is 0 Å². The average molecular weight is 457 g/mol. The fourth-order valence-corrected chi connectivity index (χ4v) is 4.56. The van der Waals surface area contributed by atoms with Crippen LogP contribution in [0.25, 0.3) is 21.5 Å². The Labute approximate surface area is 200 Å². The number of nitroso groups, excluding NO2 is 1. The van der Waals surface area contributed by atoms with E-state index in [0.717, 1.165) is 42.5 Å². The molecule has 6 nitrogen and oxygen atoms in total. The van der Waals surface area contributed by atoms with Gasteiger partial charge in [0.25, 0.3) is 0 Å². The lowest BCUT2D eigenvalue weighted by Gasteiger charge is -2.45. The normalized spacial score (nSPS) is 22.4. The van der Waals surface area contributed by atoms with Crippen molar-refractivity contribution in [2.75, 3.05) is 0 Å². The predicted molar refractivity (Wildman–Crippen MR) is 140 cm³/mol. The molecule has 0 fully saturated rings. The van der Waals surface area contributed by atoms with Crippen molar-refractivity contribution in [1.82, 2.24) is 5.06 Å². The summed E-state index contributed by atoms with van der Waals surface area (Å²) >= 11 is 0. The summed E-state index contributed by atoms with van der Waals surface area (Å²) in [6.07, 6.45) is 0. The molecule has 6 heteroatoms. The first kappa shape index (κ1) is 22.7. The molecule has 0 N–H and O–H groups in total. The van der Waals surface area contributed by atoms with Gasteiger partial charge in [0.2, 0.25) is 0 Å². The van der Waals surface area contributed by atoms with Crippen LogP contribution in [0.15, 0.2) is 58.5 Å². The van der Waals surface area contributed by atoms with Gasteiger partial charge in [0, 0.05) is 11.1 Å². The van der Waals surface area contributed by atoms with Crippen molar-refractivity contribution in [3.05, 3.63) is 69.8 Å². The molecule has 0 saturated carbocycles. The Morgan fingerprint density at radius 1 is 0.706 bits per heavy atom. The largest absolute Gasteiger partial charge is 0.757 e. The maximum Gasteiger partial charge on any atom is 0.364 e. The molecule has 0 aliphatic carbocycles.